The average molecular weight is 272 g/mol. The van der Waals surface area contributed by atoms with Gasteiger partial charge in [0.1, 0.15) is 0 Å². The third-order valence-corrected chi connectivity index (χ3v) is 4.92. The number of anilines is 1. The van der Waals surface area contributed by atoms with E-state index in [2.05, 4.69) is 4.90 Å². The first kappa shape index (κ1) is 11.4. The Hall–Kier alpha value is -0.740. The fourth-order valence-electron chi connectivity index (χ4n) is 2.91. The molecular weight excluding hydrogens is 258 g/mol. The van der Waals surface area contributed by atoms with Gasteiger partial charge >= 0.3 is 0 Å². The number of halogens is 1. The van der Waals surface area contributed by atoms with Gasteiger partial charge in [-0.2, -0.15) is 0 Å². The molecule has 0 aromatic heterocycles. The summed E-state index contributed by atoms with van der Waals surface area (Å²) in [6.45, 7) is 2.18. The van der Waals surface area contributed by atoms with E-state index in [1.54, 1.807) is 12.1 Å². The van der Waals surface area contributed by atoms with Crippen LogP contribution in [0, 0.1) is 0 Å². The summed E-state index contributed by atoms with van der Waals surface area (Å²) in [6.07, 6.45) is 4.11. The molecule has 17 heavy (non-hydrogen) atoms. The van der Waals surface area contributed by atoms with Crippen LogP contribution in [-0.2, 0) is 21.9 Å². The van der Waals surface area contributed by atoms with Crippen molar-refractivity contribution in [1.29, 1.82) is 0 Å². The summed E-state index contributed by atoms with van der Waals surface area (Å²) in [6, 6.07) is 3.50. The molecule has 0 unspecified atom stereocenters. The molecule has 5 heteroatoms. The van der Waals surface area contributed by atoms with E-state index in [0.29, 0.717) is 0 Å². The summed E-state index contributed by atoms with van der Waals surface area (Å²) in [5.74, 6) is 0. The summed E-state index contributed by atoms with van der Waals surface area (Å²) in [5.41, 5.74) is 3.56. The average Bonchev–Trinajstić information content (AvgIpc) is 2.28. The smallest absolute Gasteiger partial charge is 0.261 e. The van der Waals surface area contributed by atoms with Gasteiger partial charge in [-0.25, -0.2) is 8.42 Å². The largest absolute Gasteiger partial charge is 0.371 e. The Morgan fingerprint density at radius 3 is 2.06 bits per heavy atom. The van der Waals surface area contributed by atoms with E-state index in [-0.39, 0.29) is 4.90 Å². The Labute approximate surface area is 106 Å². The highest BCUT2D eigenvalue weighted by molar-refractivity contribution is 8.13. The van der Waals surface area contributed by atoms with Crippen molar-refractivity contribution in [3.8, 4) is 0 Å². The molecule has 2 heterocycles. The number of nitrogens with zero attached hydrogens (tertiary/aromatic N) is 1. The van der Waals surface area contributed by atoms with Crippen molar-refractivity contribution in [1.82, 2.24) is 0 Å². The lowest BCUT2D eigenvalue weighted by Gasteiger charge is -2.37. The molecule has 0 saturated heterocycles. The SMILES string of the molecule is O=S(=O)(Cl)c1cc2c3c(c1)CCCN3CCC2. The van der Waals surface area contributed by atoms with E-state index in [0.717, 1.165) is 49.9 Å². The standard InChI is InChI=1S/C12H14ClNO2S/c13-17(15,16)11-7-9-3-1-5-14-6-2-4-10(8-11)12(9)14/h7-8H,1-6H2. The summed E-state index contributed by atoms with van der Waals surface area (Å²) < 4.78 is 22.9. The second-order valence-corrected chi connectivity index (χ2v) is 7.29. The maximum Gasteiger partial charge on any atom is 0.261 e. The molecule has 3 nitrogen and oxygen atoms in total. The number of hydrogen-bond donors (Lipinski definition) is 0. The van der Waals surface area contributed by atoms with Gasteiger partial charge in [-0.1, -0.05) is 0 Å². The van der Waals surface area contributed by atoms with Gasteiger partial charge in [0.2, 0.25) is 0 Å². The number of hydrogen-bond acceptors (Lipinski definition) is 3. The van der Waals surface area contributed by atoms with Crippen LogP contribution in [-0.4, -0.2) is 21.5 Å². The maximum absolute atomic E-state index is 11.4. The van der Waals surface area contributed by atoms with Crippen LogP contribution in [0.5, 0.6) is 0 Å². The van der Waals surface area contributed by atoms with Crippen molar-refractivity contribution in [2.45, 2.75) is 30.6 Å². The van der Waals surface area contributed by atoms with Crippen LogP contribution in [0.25, 0.3) is 0 Å². The lowest BCUT2D eigenvalue weighted by atomic mass is 9.92. The Morgan fingerprint density at radius 1 is 1.06 bits per heavy atom. The molecule has 2 aliphatic heterocycles. The highest BCUT2D eigenvalue weighted by Crippen LogP contribution is 2.37. The van der Waals surface area contributed by atoms with Crippen molar-refractivity contribution in [2.75, 3.05) is 18.0 Å². The summed E-state index contributed by atoms with van der Waals surface area (Å²) in [4.78, 5) is 2.64. The molecule has 1 aromatic carbocycles. The molecule has 3 rings (SSSR count). The minimum atomic E-state index is -3.61. The maximum atomic E-state index is 11.4. The predicted octanol–water partition coefficient (Wildman–Crippen LogP) is 2.31. The molecule has 2 aliphatic rings. The van der Waals surface area contributed by atoms with Crippen LogP contribution in [0.15, 0.2) is 17.0 Å². The Balaban J connectivity index is 2.21. The molecular formula is C12H14ClNO2S. The zero-order valence-corrected chi connectivity index (χ0v) is 11.0. The molecule has 92 valence electrons. The molecule has 0 bridgehead atoms. The zero-order valence-electron chi connectivity index (χ0n) is 9.45. The van der Waals surface area contributed by atoms with Gasteiger partial charge in [-0.05, 0) is 48.9 Å². The molecule has 0 spiro atoms. The van der Waals surface area contributed by atoms with Crippen LogP contribution in [0.2, 0.25) is 0 Å². The van der Waals surface area contributed by atoms with Crippen molar-refractivity contribution in [3.05, 3.63) is 23.3 Å². The van der Waals surface area contributed by atoms with Crippen LogP contribution in [0.1, 0.15) is 24.0 Å². The Kier molecular flexibility index (Phi) is 2.60. The second-order valence-electron chi connectivity index (χ2n) is 4.72. The minimum absolute atomic E-state index is 0.261. The molecule has 0 atom stereocenters. The van der Waals surface area contributed by atoms with Crippen molar-refractivity contribution < 1.29 is 8.42 Å². The first-order valence-electron chi connectivity index (χ1n) is 5.91. The van der Waals surface area contributed by atoms with E-state index < -0.39 is 9.05 Å². The van der Waals surface area contributed by atoms with Crippen LogP contribution in [0.3, 0.4) is 0 Å². The van der Waals surface area contributed by atoms with Crippen molar-refractivity contribution >= 4 is 25.4 Å². The highest BCUT2D eigenvalue weighted by Gasteiger charge is 2.26. The number of aryl methyl sites for hydroxylation is 2. The lowest BCUT2D eigenvalue weighted by molar-refractivity contribution is 0.606. The van der Waals surface area contributed by atoms with Gasteiger partial charge in [-0.3, -0.25) is 0 Å². The number of benzene rings is 1. The van der Waals surface area contributed by atoms with Crippen LogP contribution < -0.4 is 4.90 Å². The third-order valence-electron chi connectivity index (χ3n) is 3.59. The number of rotatable bonds is 1. The third kappa shape index (κ3) is 1.93. The summed E-state index contributed by atoms with van der Waals surface area (Å²) in [7, 11) is 1.83. The van der Waals surface area contributed by atoms with Gasteiger partial charge in [0.15, 0.2) is 0 Å². The van der Waals surface area contributed by atoms with Crippen LogP contribution >= 0.6 is 10.7 Å². The first-order valence-corrected chi connectivity index (χ1v) is 8.22. The molecule has 0 amide bonds. The fourth-order valence-corrected chi connectivity index (χ4v) is 3.75. The predicted molar refractivity (Wildman–Crippen MR) is 68.3 cm³/mol. The summed E-state index contributed by atoms with van der Waals surface area (Å²) >= 11 is 0. The van der Waals surface area contributed by atoms with Crippen LogP contribution in [0.4, 0.5) is 5.69 Å². The molecule has 0 fully saturated rings. The van der Waals surface area contributed by atoms with E-state index in [4.69, 9.17) is 10.7 Å². The summed E-state index contributed by atoms with van der Waals surface area (Å²) in [5, 5.41) is 0. The van der Waals surface area contributed by atoms with Gasteiger partial charge in [0, 0.05) is 29.5 Å². The van der Waals surface area contributed by atoms with Crippen molar-refractivity contribution in [3.63, 3.8) is 0 Å². The van der Waals surface area contributed by atoms with Gasteiger partial charge in [0.25, 0.3) is 9.05 Å². The Bertz CT molecular complexity index is 537. The normalized spacial score (nSPS) is 19.0. The minimum Gasteiger partial charge on any atom is -0.371 e. The first-order chi connectivity index (χ1) is 8.05. The highest BCUT2D eigenvalue weighted by atomic mass is 35.7. The zero-order chi connectivity index (χ0) is 12.0. The molecule has 0 saturated carbocycles. The molecule has 1 aromatic rings. The monoisotopic (exact) mass is 271 g/mol. The van der Waals surface area contributed by atoms with Gasteiger partial charge in [-0.15, -0.1) is 0 Å². The quantitative estimate of drug-likeness (QED) is 0.736. The lowest BCUT2D eigenvalue weighted by Crippen LogP contribution is -2.34. The molecule has 0 aliphatic carbocycles. The van der Waals surface area contributed by atoms with Gasteiger partial charge < -0.3 is 4.90 Å². The Morgan fingerprint density at radius 2 is 1.59 bits per heavy atom. The van der Waals surface area contributed by atoms with E-state index >= 15 is 0 Å². The van der Waals surface area contributed by atoms with Gasteiger partial charge in [0.05, 0.1) is 4.90 Å². The van der Waals surface area contributed by atoms with E-state index in [9.17, 15) is 8.42 Å². The fraction of sp³-hybridized carbons (Fsp3) is 0.500. The van der Waals surface area contributed by atoms with E-state index in [1.807, 2.05) is 0 Å². The topological polar surface area (TPSA) is 37.4 Å². The van der Waals surface area contributed by atoms with E-state index in [1.165, 1.54) is 5.69 Å². The molecule has 0 radical (unpaired) electrons. The molecule has 0 N–H and O–H groups in total. The second kappa shape index (κ2) is 3.89. The van der Waals surface area contributed by atoms with Crippen molar-refractivity contribution in [2.24, 2.45) is 0 Å².